The molecule has 1 fully saturated rings. The molecule has 1 saturated heterocycles. The van der Waals surface area contributed by atoms with Crippen LogP contribution in [0.25, 0.3) is 0 Å². The molecule has 2 aromatic rings. The summed E-state index contributed by atoms with van der Waals surface area (Å²) in [7, 11) is 0. The number of nitrogens with zero attached hydrogens (tertiary/aromatic N) is 1. The minimum Gasteiger partial charge on any atom is -0.349 e. The summed E-state index contributed by atoms with van der Waals surface area (Å²) in [4.78, 5) is 15.1. The third-order valence-electron chi connectivity index (χ3n) is 5.97. The minimum atomic E-state index is -0.151. The first-order chi connectivity index (χ1) is 13.5. The van der Waals surface area contributed by atoms with Gasteiger partial charge >= 0.3 is 0 Å². The van der Waals surface area contributed by atoms with Crippen LogP contribution in [-0.4, -0.2) is 23.9 Å². The molecule has 0 aliphatic carbocycles. The van der Waals surface area contributed by atoms with E-state index in [4.69, 9.17) is 0 Å². The van der Waals surface area contributed by atoms with Crippen molar-refractivity contribution in [2.75, 3.05) is 13.1 Å². The molecule has 0 unspecified atom stereocenters. The molecule has 1 heterocycles. The Kier molecular flexibility index (Phi) is 6.84. The Bertz CT molecular complexity index is 812. The van der Waals surface area contributed by atoms with Crippen LogP contribution in [0, 0.1) is 25.6 Å². The average Bonchev–Trinajstić information content (AvgIpc) is 2.70. The zero-order valence-electron chi connectivity index (χ0n) is 17.2. The molecule has 0 spiro atoms. The number of rotatable bonds is 6. The number of likely N-dealkylation sites (tertiary alicyclic amines) is 1. The fraction of sp³-hybridized carbons (Fsp3) is 0.458. The van der Waals surface area contributed by atoms with Gasteiger partial charge in [-0.25, -0.2) is 4.39 Å². The van der Waals surface area contributed by atoms with E-state index < -0.39 is 0 Å². The third kappa shape index (κ3) is 4.99. The second-order valence-electron chi connectivity index (χ2n) is 7.95. The smallest absolute Gasteiger partial charge is 0.223 e. The predicted octanol–water partition coefficient (Wildman–Crippen LogP) is 4.92. The van der Waals surface area contributed by atoms with E-state index in [2.05, 4.69) is 49.2 Å². The molecule has 150 valence electrons. The average molecular weight is 383 g/mol. The number of amides is 1. The molecule has 3 nitrogen and oxygen atoms in total. The number of carbonyl (C=O) groups excluding carboxylic acids is 1. The van der Waals surface area contributed by atoms with Crippen LogP contribution in [0.4, 0.5) is 4.39 Å². The van der Waals surface area contributed by atoms with Crippen molar-refractivity contribution >= 4 is 5.91 Å². The van der Waals surface area contributed by atoms with Crippen molar-refractivity contribution in [1.82, 2.24) is 10.2 Å². The van der Waals surface area contributed by atoms with E-state index in [1.54, 1.807) is 6.07 Å². The van der Waals surface area contributed by atoms with Gasteiger partial charge in [-0.15, -0.1) is 0 Å². The quantitative estimate of drug-likeness (QED) is 0.769. The second-order valence-corrected chi connectivity index (χ2v) is 7.95. The van der Waals surface area contributed by atoms with Crippen molar-refractivity contribution < 1.29 is 9.18 Å². The van der Waals surface area contributed by atoms with Crippen LogP contribution < -0.4 is 5.32 Å². The lowest BCUT2D eigenvalue weighted by Crippen LogP contribution is -2.41. The van der Waals surface area contributed by atoms with Gasteiger partial charge in [-0.3, -0.25) is 9.69 Å². The number of hydrogen-bond donors (Lipinski definition) is 1. The van der Waals surface area contributed by atoms with E-state index >= 15 is 0 Å². The summed E-state index contributed by atoms with van der Waals surface area (Å²) in [5.74, 6) is 0.0367. The summed E-state index contributed by atoms with van der Waals surface area (Å²) in [5, 5.41) is 3.26. The number of halogens is 1. The first-order valence-electron chi connectivity index (χ1n) is 10.3. The van der Waals surface area contributed by atoms with Crippen molar-refractivity contribution in [1.29, 1.82) is 0 Å². The molecule has 1 N–H and O–H groups in total. The predicted molar refractivity (Wildman–Crippen MR) is 111 cm³/mol. The maximum absolute atomic E-state index is 13.9. The van der Waals surface area contributed by atoms with E-state index in [-0.39, 0.29) is 23.7 Å². The highest BCUT2D eigenvalue weighted by atomic mass is 19.1. The van der Waals surface area contributed by atoms with E-state index in [1.165, 1.54) is 22.8 Å². The SMILES string of the molecule is CC[C@@H](NC(=O)C1CCN(Cc2ccccc2F)CC1)c1ccc(C)c(C)c1. The Labute approximate surface area is 167 Å². The van der Waals surface area contributed by atoms with Crippen LogP contribution >= 0.6 is 0 Å². The highest BCUT2D eigenvalue weighted by Crippen LogP contribution is 2.24. The van der Waals surface area contributed by atoms with Crippen LogP contribution in [0.2, 0.25) is 0 Å². The fourth-order valence-electron chi connectivity index (χ4n) is 3.91. The Balaban J connectivity index is 1.54. The number of benzene rings is 2. The van der Waals surface area contributed by atoms with Crippen molar-refractivity contribution in [2.24, 2.45) is 5.92 Å². The lowest BCUT2D eigenvalue weighted by molar-refractivity contribution is -0.127. The molecule has 0 saturated carbocycles. The van der Waals surface area contributed by atoms with Crippen LogP contribution in [0.5, 0.6) is 0 Å². The van der Waals surface area contributed by atoms with Gasteiger partial charge in [0.05, 0.1) is 6.04 Å². The van der Waals surface area contributed by atoms with Crippen molar-refractivity contribution in [3.8, 4) is 0 Å². The van der Waals surface area contributed by atoms with Crippen molar-refractivity contribution in [2.45, 2.75) is 52.6 Å². The standard InChI is InChI=1S/C24H31FN2O/c1-4-23(20-10-9-17(2)18(3)15-20)26-24(28)19-11-13-27(14-12-19)16-21-7-5-6-8-22(21)25/h5-10,15,19,23H,4,11-14,16H2,1-3H3,(H,26,28)/t23-/m1/s1. The maximum Gasteiger partial charge on any atom is 0.223 e. The zero-order chi connectivity index (χ0) is 20.1. The van der Waals surface area contributed by atoms with Crippen LogP contribution in [0.15, 0.2) is 42.5 Å². The summed E-state index contributed by atoms with van der Waals surface area (Å²) in [6.45, 7) is 8.59. The molecule has 1 aliphatic rings. The molecule has 0 aromatic heterocycles. The lowest BCUT2D eigenvalue weighted by atomic mass is 9.94. The number of piperidine rings is 1. The zero-order valence-corrected chi connectivity index (χ0v) is 17.2. The maximum atomic E-state index is 13.9. The van der Waals surface area contributed by atoms with Gasteiger partial charge in [0.1, 0.15) is 5.82 Å². The molecule has 0 radical (unpaired) electrons. The fourth-order valence-corrected chi connectivity index (χ4v) is 3.91. The molecule has 3 rings (SSSR count). The monoisotopic (exact) mass is 382 g/mol. The normalized spacial score (nSPS) is 16.7. The van der Waals surface area contributed by atoms with Crippen molar-refractivity contribution in [3.63, 3.8) is 0 Å². The topological polar surface area (TPSA) is 32.3 Å². The Morgan fingerprint density at radius 2 is 1.86 bits per heavy atom. The van der Waals surface area contributed by atoms with Gasteiger partial charge < -0.3 is 5.32 Å². The van der Waals surface area contributed by atoms with Gasteiger partial charge in [0.2, 0.25) is 5.91 Å². The Morgan fingerprint density at radius 3 is 2.50 bits per heavy atom. The summed E-state index contributed by atoms with van der Waals surface area (Å²) >= 11 is 0. The van der Waals surface area contributed by atoms with E-state index in [9.17, 15) is 9.18 Å². The van der Waals surface area contributed by atoms with Crippen LogP contribution in [-0.2, 0) is 11.3 Å². The van der Waals surface area contributed by atoms with E-state index in [0.717, 1.165) is 37.9 Å². The first-order valence-corrected chi connectivity index (χ1v) is 10.3. The Hall–Kier alpha value is -2.20. The molecule has 1 atom stereocenters. The second kappa shape index (κ2) is 9.33. The molecule has 1 aliphatic heterocycles. The summed E-state index contributed by atoms with van der Waals surface area (Å²) < 4.78 is 13.9. The number of nitrogens with one attached hydrogen (secondary N) is 1. The van der Waals surface area contributed by atoms with Gasteiger partial charge in [0.25, 0.3) is 0 Å². The summed E-state index contributed by atoms with van der Waals surface area (Å²) in [6.07, 6.45) is 2.52. The highest BCUT2D eigenvalue weighted by Gasteiger charge is 2.27. The van der Waals surface area contributed by atoms with Crippen molar-refractivity contribution in [3.05, 3.63) is 70.5 Å². The molecule has 28 heavy (non-hydrogen) atoms. The number of aryl methyl sites for hydroxylation is 2. The number of carbonyl (C=O) groups is 1. The molecule has 1 amide bonds. The molecule has 4 heteroatoms. The largest absolute Gasteiger partial charge is 0.349 e. The minimum absolute atomic E-state index is 0.0393. The highest BCUT2D eigenvalue weighted by molar-refractivity contribution is 5.79. The van der Waals surface area contributed by atoms with Gasteiger partial charge in [-0.05, 0) is 69.0 Å². The molecular weight excluding hydrogens is 351 g/mol. The summed E-state index contributed by atoms with van der Waals surface area (Å²) in [5.41, 5.74) is 4.43. The number of hydrogen-bond acceptors (Lipinski definition) is 2. The Morgan fingerprint density at radius 1 is 1.14 bits per heavy atom. The molecule has 2 aromatic carbocycles. The molecular formula is C24H31FN2O. The van der Waals surface area contributed by atoms with Crippen LogP contribution in [0.1, 0.15) is 54.5 Å². The molecule has 0 bridgehead atoms. The van der Waals surface area contributed by atoms with E-state index in [0.29, 0.717) is 6.54 Å². The van der Waals surface area contributed by atoms with Crippen LogP contribution in [0.3, 0.4) is 0 Å². The first kappa shape index (κ1) is 20.5. The van der Waals surface area contributed by atoms with Gasteiger partial charge in [0, 0.05) is 18.0 Å². The third-order valence-corrected chi connectivity index (χ3v) is 5.97. The van der Waals surface area contributed by atoms with Gasteiger partial charge in [-0.2, -0.15) is 0 Å². The lowest BCUT2D eigenvalue weighted by Gasteiger charge is -2.32. The van der Waals surface area contributed by atoms with E-state index in [1.807, 2.05) is 12.1 Å². The van der Waals surface area contributed by atoms with Gasteiger partial charge in [0.15, 0.2) is 0 Å². The van der Waals surface area contributed by atoms with Gasteiger partial charge in [-0.1, -0.05) is 43.3 Å². The summed E-state index contributed by atoms with van der Waals surface area (Å²) in [6, 6.07) is 13.4.